The van der Waals surface area contributed by atoms with Crippen LogP contribution in [0.5, 0.6) is 5.88 Å². The first-order valence-electron chi connectivity index (χ1n) is 16.5. The van der Waals surface area contributed by atoms with Crippen LogP contribution in [-0.2, 0) is 19.4 Å². The molecular weight excluding hydrogens is 651 g/mol. The number of fused-ring (bicyclic) bond motifs is 1. The molecule has 0 unspecified atom stereocenters. The number of rotatable bonds is 9. The van der Waals surface area contributed by atoms with E-state index in [9.17, 15) is 14.9 Å². The lowest BCUT2D eigenvalue weighted by atomic mass is 9.83. The van der Waals surface area contributed by atoms with E-state index < -0.39 is 25.4 Å². The smallest absolute Gasteiger partial charge is 0.414 e. The van der Waals surface area contributed by atoms with Gasteiger partial charge in [0, 0.05) is 50.5 Å². The molecule has 4 rings (SSSR count). The predicted octanol–water partition coefficient (Wildman–Crippen LogP) is 7.30. The highest BCUT2D eigenvalue weighted by molar-refractivity contribution is 6.74. The van der Waals surface area contributed by atoms with E-state index in [0.29, 0.717) is 52.9 Å². The molecule has 3 heterocycles. The number of ether oxygens (including phenoxy) is 2. The van der Waals surface area contributed by atoms with E-state index in [1.54, 1.807) is 55.5 Å². The fourth-order valence-electron chi connectivity index (χ4n) is 5.09. The van der Waals surface area contributed by atoms with E-state index >= 15 is 0 Å². The van der Waals surface area contributed by atoms with Crippen LogP contribution in [0.1, 0.15) is 65.3 Å². The monoisotopic (exact) mass is 699 g/mol. The van der Waals surface area contributed by atoms with Gasteiger partial charge in [-0.3, -0.25) is 9.69 Å². The van der Waals surface area contributed by atoms with Gasteiger partial charge >= 0.3 is 6.09 Å². The van der Waals surface area contributed by atoms with Crippen LogP contribution < -0.4 is 15.0 Å². The number of nitrogens with zero attached hydrogens (tertiary/aromatic N) is 6. The molecule has 2 amide bonds. The maximum absolute atomic E-state index is 13.6. The third kappa shape index (κ3) is 8.49. The third-order valence-corrected chi connectivity index (χ3v) is 13.4. The van der Waals surface area contributed by atoms with Crippen LogP contribution >= 0.6 is 0 Å². The number of nitrogens with one attached hydrogen (secondary N) is 1. The molecule has 1 N–H and O–H groups in total. The minimum atomic E-state index is -2.16. The molecule has 0 aliphatic carbocycles. The molecule has 266 valence electrons. The van der Waals surface area contributed by atoms with E-state index in [1.165, 1.54) is 18.1 Å². The molecule has 0 fully saturated rings. The molecule has 13 heteroatoms. The zero-order chi connectivity index (χ0) is 37.2. The summed E-state index contributed by atoms with van der Waals surface area (Å²) < 4.78 is 18.1. The van der Waals surface area contributed by atoms with Gasteiger partial charge in [-0.25, -0.2) is 19.7 Å². The van der Waals surface area contributed by atoms with E-state index in [1.807, 2.05) is 26.8 Å². The Hall–Kier alpha value is -4.80. The summed E-state index contributed by atoms with van der Waals surface area (Å²) in [6.07, 6.45) is 4.16. The van der Waals surface area contributed by atoms with E-state index in [0.717, 1.165) is 5.56 Å². The number of likely N-dealkylation sites (N-methyl/N-ethyl adjacent to an activating group) is 1. The molecule has 1 aromatic carbocycles. The Labute approximate surface area is 296 Å². The largest absolute Gasteiger partial charge is 0.479 e. The van der Waals surface area contributed by atoms with Gasteiger partial charge in [-0.2, -0.15) is 5.26 Å². The van der Waals surface area contributed by atoms with E-state index in [2.05, 4.69) is 62.1 Å². The molecular formula is C37H49N7O5Si. The molecule has 1 aliphatic rings. The first-order valence-corrected chi connectivity index (χ1v) is 19.4. The van der Waals surface area contributed by atoms with Crippen molar-refractivity contribution in [3.8, 4) is 23.2 Å². The highest BCUT2D eigenvalue weighted by atomic mass is 28.4. The zero-order valence-electron chi connectivity index (χ0n) is 31.3. The Kier molecular flexibility index (Phi) is 10.8. The zero-order valence-corrected chi connectivity index (χ0v) is 32.3. The Morgan fingerprint density at radius 1 is 1.12 bits per heavy atom. The van der Waals surface area contributed by atoms with Crippen LogP contribution in [0.2, 0.25) is 18.1 Å². The molecule has 0 saturated carbocycles. The summed E-state index contributed by atoms with van der Waals surface area (Å²) in [7, 11) is 2.69. The van der Waals surface area contributed by atoms with Crippen molar-refractivity contribution >= 4 is 43.7 Å². The number of hydrogen-bond donors (Lipinski definition) is 1. The summed E-state index contributed by atoms with van der Waals surface area (Å²) in [6, 6.07) is 11.3. The quantitative estimate of drug-likeness (QED) is 0.179. The Bertz CT molecular complexity index is 1840. The average Bonchev–Trinajstić information content (AvgIpc) is 3.34. The number of methoxy groups -OCH3 is 1. The second kappa shape index (κ2) is 14.2. The fraction of sp³-hybridized carbons (Fsp3) is 0.459. The van der Waals surface area contributed by atoms with Gasteiger partial charge in [0.15, 0.2) is 8.32 Å². The number of carbonyl (C=O) groups excluding carboxylic acids is 2. The molecule has 0 radical (unpaired) electrons. The highest BCUT2D eigenvalue weighted by Gasteiger charge is 2.47. The fourth-order valence-corrected chi connectivity index (χ4v) is 6.20. The van der Waals surface area contributed by atoms with Crippen molar-refractivity contribution in [3.63, 3.8) is 0 Å². The Morgan fingerprint density at radius 2 is 1.82 bits per heavy atom. The van der Waals surface area contributed by atoms with Crippen molar-refractivity contribution in [2.24, 2.45) is 0 Å². The van der Waals surface area contributed by atoms with Crippen LogP contribution in [0.25, 0.3) is 17.3 Å². The van der Waals surface area contributed by atoms with Gasteiger partial charge in [-0.1, -0.05) is 27.7 Å². The number of aromatic nitrogens is 3. The number of amides is 2. The lowest BCUT2D eigenvalue weighted by molar-refractivity contribution is -0.123. The summed E-state index contributed by atoms with van der Waals surface area (Å²) in [6.45, 7) is 19.2. The van der Waals surface area contributed by atoms with Crippen LogP contribution in [0.15, 0.2) is 42.6 Å². The van der Waals surface area contributed by atoms with Gasteiger partial charge < -0.3 is 24.1 Å². The highest BCUT2D eigenvalue weighted by Crippen LogP contribution is 2.47. The number of pyridine rings is 1. The van der Waals surface area contributed by atoms with Gasteiger partial charge in [-0.05, 0) is 80.9 Å². The molecule has 3 aromatic rings. The summed E-state index contributed by atoms with van der Waals surface area (Å²) >= 11 is 0. The minimum absolute atomic E-state index is 0.0139. The van der Waals surface area contributed by atoms with Gasteiger partial charge in [0.2, 0.25) is 17.7 Å². The number of hydrogen-bond acceptors (Lipinski definition) is 10. The number of nitriles is 1. The van der Waals surface area contributed by atoms with E-state index in [4.69, 9.17) is 18.9 Å². The van der Waals surface area contributed by atoms with Crippen LogP contribution in [-0.4, -0.2) is 80.1 Å². The summed E-state index contributed by atoms with van der Waals surface area (Å²) in [4.78, 5) is 42.3. The second-order valence-electron chi connectivity index (χ2n) is 15.5. The maximum Gasteiger partial charge on any atom is 0.414 e. The topological polar surface area (TPSA) is 143 Å². The molecule has 1 aliphatic heterocycles. The van der Waals surface area contributed by atoms with Crippen molar-refractivity contribution in [2.75, 3.05) is 44.6 Å². The standard InChI is InChI=1S/C37H49N7O5Si/c1-35(2,3)49-34(46)44-22-37(7,23-48-50(11,12)36(4,5)6)27-20-24(19-25(21-38)31(27)44)28-17-18-39-33(41-28)42-29-15-13-26(40-32(29)47-10)14-16-30(45)43(8)9/h13-20H,22-23H2,1-12H3,(H,39,41,42)/b16-14+/t37-/m1/s1. The number of benzene rings is 1. The lowest BCUT2D eigenvalue weighted by Crippen LogP contribution is -2.46. The summed E-state index contributed by atoms with van der Waals surface area (Å²) in [5.41, 5.74) is 2.63. The molecule has 0 saturated heterocycles. The van der Waals surface area contributed by atoms with Crippen molar-refractivity contribution < 1.29 is 23.5 Å². The molecule has 0 bridgehead atoms. The van der Waals surface area contributed by atoms with Crippen LogP contribution in [0, 0.1) is 11.3 Å². The molecule has 2 aromatic heterocycles. The van der Waals surface area contributed by atoms with Crippen molar-refractivity contribution in [1.82, 2.24) is 19.9 Å². The van der Waals surface area contributed by atoms with Crippen LogP contribution in [0.4, 0.5) is 22.1 Å². The van der Waals surface area contributed by atoms with Gasteiger partial charge in [0.25, 0.3) is 0 Å². The van der Waals surface area contributed by atoms with E-state index in [-0.39, 0.29) is 16.9 Å². The average molecular weight is 700 g/mol. The molecule has 1 atom stereocenters. The predicted molar refractivity (Wildman–Crippen MR) is 198 cm³/mol. The maximum atomic E-state index is 13.6. The van der Waals surface area contributed by atoms with Gasteiger partial charge in [-0.15, -0.1) is 0 Å². The Morgan fingerprint density at radius 3 is 2.42 bits per heavy atom. The Balaban J connectivity index is 1.74. The molecule has 50 heavy (non-hydrogen) atoms. The number of carbonyl (C=O) groups is 2. The normalized spacial score (nSPS) is 16.2. The number of anilines is 3. The van der Waals surface area contributed by atoms with Gasteiger partial charge in [0.05, 0.1) is 29.7 Å². The summed E-state index contributed by atoms with van der Waals surface area (Å²) in [5.74, 6) is 0.417. The van der Waals surface area contributed by atoms with Gasteiger partial charge in [0.1, 0.15) is 17.4 Å². The minimum Gasteiger partial charge on any atom is -0.479 e. The first-order chi connectivity index (χ1) is 23.2. The first kappa shape index (κ1) is 38.0. The lowest BCUT2D eigenvalue weighted by Gasteiger charge is -2.39. The summed E-state index contributed by atoms with van der Waals surface area (Å²) in [5, 5.41) is 13.6. The van der Waals surface area contributed by atoms with Crippen molar-refractivity contribution in [1.29, 1.82) is 5.26 Å². The SMILES string of the molecule is COc1nc(/C=C/C(=O)N(C)C)ccc1Nc1nccc(-c2cc(C#N)c3c(c2)[C@@](C)(CO[Si](C)(C)C(C)(C)C)CN3C(=O)OC(C)(C)C)n1. The molecule has 12 nitrogen and oxygen atoms in total. The van der Waals surface area contributed by atoms with Crippen LogP contribution in [0.3, 0.4) is 0 Å². The molecule has 0 spiro atoms. The van der Waals surface area contributed by atoms with Crippen molar-refractivity contribution in [2.45, 2.75) is 77.6 Å². The second-order valence-corrected chi connectivity index (χ2v) is 20.3. The van der Waals surface area contributed by atoms with Crippen molar-refractivity contribution in [3.05, 3.63) is 59.4 Å². The third-order valence-electron chi connectivity index (χ3n) is 8.94.